The van der Waals surface area contributed by atoms with Crippen LogP contribution in [0.4, 0.5) is 0 Å². The number of aliphatic hydroxyl groups is 1. The maximum Gasteiger partial charge on any atom is 0.225 e. The van der Waals surface area contributed by atoms with Crippen LogP contribution in [0, 0.1) is 5.41 Å². The lowest BCUT2D eigenvalue weighted by molar-refractivity contribution is -0.165. The highest BCUT2D eigenvalue weighted by Gasteiger charge is 2.55. The number of hydrogen-bond acceptors (Lipinski definition) is 2. The van der Waals surface area contributed by atoms with Gasteiger partial charge in [-0.1, -0.05) is 33.1 Å². The largest absolute Gasteiger partial charge is 0.370 e. The quantitative estimate of drug-likeness (QED) is 0.743. The first-order valence-corrected chi connectivity index (χ1v) is 6.41. The van der Waals surface area contributed by atoms with Gasteiger partial charge < -0.3 is 10.0 Å². The van der Waals surface area contributed by atoms with Crippen molar-refractivity contribution in [2.75, 3.05) is 0 Å². The fraction of sp³-hybridized carbons (Fsp3) is 0.923. The molecular formula is C13H23NO2. The van der Waals surface area contributed by atoms with E-state index in [4.69, 9.17) is 0 Å². The van der Waals surface area contributed by atoms with Gasteiger partial charge in [0.2, 0.25) is 5.91 Å². The molecular weight excluding hydrogens is 202 g/mol. The molecule has 3 nitrogen and oxygen atoms in total. The highest BCUT2D eigenvalue weighted by Crippen LogP contribution is 2.46. The molecule has 1 atom stereocenters. The Hall–Kier alpha value is -0.570. The van der Waals surface area contributed by atoms with Crippen molar-refractivity contribution in [2.45, 2.75) is 71.1 Å². The van der Waals surface area contributed by atoms with Crippen molar-refractivity contribution in [1.82, 2.24) is 4.90 Å². The standard InChI is InChI=1S/C13H23NO2/c1-12(2)9-11(15)14(13(12,3)16)10-7-5-4-6-8-10/h10,16H,4-9H2,1-3H3/t13-/m1/s1. The molecule has 0 aromatic carbocycles. The normalized spacial score (nSPS) is 35.8. The van der Waals surface area contributed by atoms with Crippen LogP contribution in [-0.4, -0.2) is 27.7 Å². The lowest BCUT2D eigenvalue weighted by atomic mass is 9.81. The van der Waals surface area contributed by atoms with Gasteiger partial charge in [0.05, 0.1) is 0 Å². The molecule has 0 spiro atoms. The summed E-state index contributed by atoms with van der Waals surface area (Å²) in [6, 6.07) is 0.262. The first-order valence-electron chi connectivity index (χ1n) is 6.41. The van der Waals surface area contributed by atoms with Crippen molar-refractivity contribution in [3.8, 4) is 0 Å². The Labute approximate surface area is 97.8 Å². The summed E-state index contributed by atoms with van der Waals surface area (Å²) in [6.07, 6.45) is 6.21. The maximum atomic E-state index is 12.1. The summed E-state index contributed by atoms with van der Waals surface area (Å²) in [7, 11) is 0. The molecule has 0 bridgehead atoms. The van der Waals surface area contributed by atoms with Crippen LogP contribution in [0.3, 0.4) is 0 Å². The Kier molecular flexibility index (Phi) is 2.77. The Morgan fingerprint density at radius 2 is 1.75 bits per heavy atom. The predicted octanol–water partition coefficient (Wildman–Crippen LogP) is 2.29. The summed E-state index contributed by atoms with van der Waals surface area (Å²) in [5, 5.41) is 10.6. The molecule has 1 amide bonds. The highest BCUT2D eigenvalue weighted by atomic mass is 16.3. The molecule has 3 heteroatoms. The number of hydrogen-bond donors (Lipinski definition) is 1. The monoisotopic (exact) mass is 225 g/mol. The van der Waals surface area contributed by atoms with Gasteiger partial charge >= 0.3 is 0 Å². The SMILES string of the molecule is CC1(C)CC(=O)N(C2CCCCC2)[C@]1(C)O. The number of carbonyl (C=O) groups is 1. The molecule has 0 aromatic heterocycles. The van der Waals surface area contributed by atoms with Crippen LogP contribution in [0.15, 0.2) is 0 Å². The van der Waals surface area contributed by atoms with E-state index in [0.29, 0.717) is 6.42 Å². The van der Waals surface area contributed by atoms with Gasteiger partial charge in [-0.3, -0.25) is 4.79 Å². The Balaban J connectivity index is 2.22. The second kappa shape index (κ2) is 3.73. The molecule has 1 aliphatic heterocycles. The molecule has 2 fully saturated rings. The van der Waals surface area contributed by atoms with Gasteiger partial charge in [-0.2, -0.15) is 0 Å². The molecule has 1 aliphatic carbocycles. The van der Waals surface area contributed by atoms with Crippen molar-refractivity contribution in [3.05, 3.63) is 0 Å². The molecule has 2 aliphatic rings. The second-order valence-electron chi connectivity index (χ2n) is 6.14. The number of nitrogens with zero attached hydrogens (tertiary/aromatic N) is 1. The van der Waals surface area contributed by atoms with Crippen molar-refractivity contribution in [2.24, 2.45) is 5.41 Å². The average Bonchev–Trinajstić information content (AvgIpc) is 2.33. The maximum absolute atomic E-state index is 12.1. The minimum Gasteiger partial charge on any atom is -0.370 e. The zero-order chi connectivity index (χ0) is 12.0. The molecule has 0 radical (unpaired) electrons. The molecule has 92 valence electrons. The molecule has 0 unspecified atom stereocenters. The number of likely N-dealkylation sites (tertiary alicyclic amines) is 1. The zero-order valence-corrected chi connectivity index (χ0v) is 10.6. The summed E-state index contributed by atoms with van der Waals surface area (Å²) in [5.74, 6) is 0.127. The molecule has 0 aromatic rings. The fourth-order valence-electron chi connectivity index (χ4n) is 3.10. The van der Waals surface area contributed by atoms with E-state index in [2.05, 4.69) is 0 Å². The minimum atomic E-state index is -0.980. The van der Waals surface area contributed by atoms with Crippen molar-refractivity contribution < 1.29 is 9.90 Å². The lowest BCUT2D eigenvalue weighted by Crippen LogP contribution is -2.54. The van der Waals surface area contributed by atoms with Crippen LogP contribution >= 0.6 is 0 Å². The molecule has 1 N–H and O–H groups in total. The summed E-state index contributed by atoms with van der Waals surface area (Å²) in [5.41, 5.74) is -1.31. The Bertz CT molecular complexity index is 290. The van der Waals surface area contributed by atoms with Gasteiger partial charge in [0, 0.05) is 17.9 Å². The van der Waals surface area contributed by atoms with E-state index in [0.717, 1.165) is 12.8 Å². The van der Waals surface area contributed by atoms with E-state index in [1.807, 2.05) is 13.8 Å². The molecule has 2 rings (SSSR count). The first-order chi connectivity index (χ1) is 7.36. The van der Waals surface area contributed by atoms with Crippen LogP contribution in [-0.2, 0) is 4.79 Å². The first kappa shape index (κ1) is 11.9. The van der Waals surface area contributed by atoms with Gasteiger partial charge in [0.15, 0.2) is 0 Å². The van der Waals surface area contributed by atoms with E-state index in [9.17, 15) is 9.90 Å². The zero-order valence-electron chi connectivity index (χ0n) is 10.6. The van der Waals surface area contributed by atoms with Gasteiger partial charge in [-0.05, 0) is 19.8 Å². The van der Waals surface area contributed by atoms with E-state index >= 15 is 0 Å². The minimum absolute atomic E-state index is 0.127. The topological polar surface area (TPSA) is 40.5 Å². The third-order valence-corrected chi connectivity index (χ3v) is 4.55. The van der Waals surface area contributed by atoms with Crippen molar-refractivity contribution in [3.63, 3.8) is 0 Å². The average molecular weight is 225 g/mol. The van der Waals surface area contributed by atoms with Crippen LogP contribution in [0.1, 0.15) is 59.3 Å². The summed E-state index contributed by atoms with van der Waals surface area (Å²) in [4.78, 5) is 13.8. The summed E-state index contributed by atoms with van der Waals surface area (Å²) in [6.45, 7) is 5.76. The van der Waals surface area contributed by atoms with Gasteiger partial charge in [-0.15, -0.1) is 0 Å². The van der Waals surface area contributed by atoms with E-state index in [1.54, 1.807) is 11.8 Å². The van der Waals surface area contributed by atoms with Crippen molar-refractivity contribution in [1.29, 1.82) is 0 Å². The Morgan fingerprint density at radius 1 is 1.19 bits per heavy atom. The van der Waals surface area contributed by atoms with Crippen LogP contribution in [0.25, 0.3) is 0 Å². The number of carbonyl (C=O) groups excluding carboxylic acids is 1. The van der Waals surface area contributed by atoms with Crippen molar-refractivity contribution >= 4 is 5.91 Å². The third kappa shape index (κ3) is 1.65. The Morgan fingerprint density at radius 3 is 2.19 bits per heavy atom. The summed E-state index contributed by atoms with van der Waals surface area (Å²) < 4.78 is 0. The van der Waals surface area contributed by atoms with Gasteiger partial charge in [-0.25, -0.2) is 0 Å². The fourth-order valence-corrected chi connectivity index (χ4v) is 3.10. The van der Waals surface area contributed by atoms with Crippen LogP contribution < -0.4 is 0 Å². The molecule has 16 heavy (non-hydrogen) atoms. The smallest absolute Gasteiger partial charge is 0.225 e. The predicted molar refractivity (Wildman–Crippen MR) is 62.7 cm³/mol. The number of amides is 1. The van der Waals surface area contributed by atoms with Gasteiger partial charge in [0.1, 0.15) is 5.72 Å². The van der Waals surface area contributed by atoms with Crippen LogP contribution in [0.5, 0.6) is 0 Å². The summed E-state index contributed by atoms with van der Waals surface area (Å²) >= 11 is 0. The highest BCUT2D eigenvalue weighted by molar-refractivity contribution is 5.81. The molecule has 1 saturated heterocycles. The lowest BCUT2D eigenvalue weighted by Gasteiger charge is -2.44. The third-order valence-electron chi connectivity index (χ3n) is 4.55. The van der Waals surface area contributed by atoms with E-state index in [-0.39, 0.29) is 17.4 Å². The molecule has 1 saturated carbocycles. The van der Waals surface area contributed by atoms with Gasteiger partial charge in [0.25, 0.3) is 0 Å². The number of rotatable bonds is 1. The van der Waals surface area contributed by atoms with Crippen LogP contribution in [0.2, 0.25) is 0 Å². The second-order valence-corrected chi connectivity index (χ2v) is 6.14. The van der Waals surface area contributed by atoms with E-state index < -0.39 is 5.72 Å². The van der Waals surface area contributed by atoms with E-state index in [1.165, 1.54) is 19.3 Å². The molecule has 1 heterocycles.